The number of amides is 2. The molecule has 2 aliphatic rings. The molecule has 1 saturated heterocycles. The van der Waals surface area contributed by atoms with Crippen molar-refractivity contribution in [2.24, 2.45) is 17.8 Å². The maximum absolute atomic E-state index is 12.0. The van der Waals surface area contributed by atoms with E-state index >= 15 is 0 Å². The van der Waals surface area contributed by atoms with Crippen LogP contribution >= 0.6 is 0 Å². The molecule has 0 spiro atoms. The first-order valence-electron chi connectivity index (χ1n) is 7.25. The number of imide groups is 1. The van der Waals surface area contributed by atoms with Gasteiger partial charge in [0.25, 0.3) is 0 Å². The third-order valence-electron chi connectivity index (χ3n) is 4.10. The molecule has 0 aromatic heterocycles. The Labute approximate surface area is 123 Å². The molecular weight excluding hydrogens is 274 g/mol. The number of hydrogen-bond donors (Lipinski definition) is 2. The molecule has 2 amide bonds. The van der Waals surface area contributed by atoms with Crippen molar-refractivity contribution in [1.29, 1.82) is 0 Å². The summed E-state index contributed by atoms with van der Waals surface area (Å²) in [6, 6.07) is 0. The monoisotopic (exact) mass is 295 g/mol. The molecule has 6 nitrogen and oxygen atoms in total. The molecule has 0 aliphatic carbocycles. The van der Waals surface area contributed by atoms with Gasteiger partial charge in [-0.3, -0.25) is 19.7 Å². The van der Waals surface area contributed by atoms with E-state index < -0.39 is 0 Å². The second-order valence-electron chi connectivity index (χ2n) is 5.99. The number of carbonyl (C=O) groups excluding carboxylic acids is 3. The number of ether oxygens (including phenoxy) is 1. The van der Waals surface area contributed by atoms with E-state index in [1.54, 1.807) is 6.92 Å². The first-order valence-corrected chi connectivity index (χ1v) is 7.25. The van der Waals surface area contributed by atoms with Crippen LogP contribution in [0.1, 0.15) is 33.1 Å². The van der Waals surface area contributed by atoms with Crippen molar-refractivity contribution in [3.8, 4) is 0 Å². The molecule has 0 aromatic carbocycles. The van der Waals surface area contributed by atoms with Gasteiger partial charge in [0, 0.05) is 37.9 Å². The normalized spacial score (nSPS) is 28.7. The predicted octanol–water partition coefficient (Wildman–Crippen LogP) is 0.546. The summed E-state index contributed by atoms with van der Waals surface area (Å²) in [5, 5.41) is 11.5. The zero-order valence-corrected chi connectivity index (χ0v) is 12.3. The maximum atomic E-state index is 12.0. The maximum Gasteiger partial charge on any atom is 0.226 e. The highest BCUT2D eigenvalue weighted by atomic mass is 16.5. The number of rotatable bonds is 4. The fraction of sp³-hybridized carbons (Fsp3) is 0.667. The van der Waals surface area contributed by atoms with Crippen LogP contribution in [0.5, 0.6) is 0 Å². The van der Waals surface area contributed by atoms with Gasteiger partial charge < -0.3 is 9.84 Å². The van der Waals surface area contributed by atoms with E-state index in [9.17, 15) is 19.5 Å². The number of ketones is 1. The molecule has 3 atom stereocenters. The van der Waals surface area contributed by atoms with Gasteiger partial charge in [0.05, 0.1) is 5.92 Å². The second-order valence-corrected chi connectivity index (χ2v) is 5.99. The van der Waals surface area contributed by atoms with E-state index in [-0.39, 0.29) is 60.9 Å². The van der Waals surface area contributed by atoms with E-state index in [0.29, 0.717) is 12.2 Å². The standard InChI is InChI=1S/C15H21NO5/c1-8(7-17)15-9(2)12(18)6-11(21-15)3-10-4-13(19)16-14(20)5-10/h6,8-10,15,17H,3-5,7H2,1-2H3,(H,16,19,20)/t8-,9-,15+/m1/s1. The molecule has 0 bridgehead atoms. The third kappa shape index (κ3) is 3.69. The highest BCUT2D eigenvalue weighted by molar-refractivity contribution is 5.97. The molecule has 21 heavy (non-hydrogen) atoms. The zero-order valence-electron chi connectivity index (χ0n) is 12.3. The third-order valence-corrected chi connectivity index (χ3v) is 4.10. The van der Waals surface area contributed by atoms with Gasteiger partial charge in [0.15, 0.2) is 5.78 Å². The van der Waals surface area contributed by atoms with Crippen LogP contribution in [0.4, 0.5) is 0 Å². The number of piperidine rings is 1. The van der Waals surface area contributed by atoms with Crippen LogP contribution in [-0.2, 0) is 19.1 Å². The zero-order chi connectivity index (χ0) is 15.6. The van der Waals surface area contributed by atoms with Crippen molar-refractivity contribution in [3.05, 3.63) is 11.8 Å². The van der Waals surface area contributed by atoms with Crippen molar-refractivity contribution in [3.63, 3.8) is 0 Å². The molecule has 2 heterocycles. The highest BCUT2D eigenvalue weighted by Gasteiger charge is 2.35. The smallest absolute Gasteiger partial charge is 0.226 e. The van der Waals surface area contributed by atoms with Crippen LogP contribution in [0.3, 0.4) is 0 Å². The SMILES string of the molecule is C[C@H](CO)[C@@H]1OC(CC2CC(=O)NC(=O)C2)=CC(=O)[C@H]1C. The van der Waals surface area contributed by atoms with Crippen molar-refractivity contribution < 1.29 is 24.2 Å². The number of nitrogens with one attached hydrogen (secondary N) is 1. The number of hydrogen-bond acceptors (Lipinski definition) is 5. The molecule has 6 heteroatoms. The summed E-state index contributed by atoms with van der Waals surface area (Å²) in [4.78, 5) is 34.8. The summed E-state index contributed by atoms with van der Waals surface area (Å²) in [7, 11) is 0. The molecule has 116 valence electrons. The van der Waals surface area contributed by atoms with Crippen LogP contribution in [-0.4, -0.2) is 35.4 Å². The summed E-state index contributed by atoms with van der Waals surface area (Å²) >= 11 is 0. The first kappa shape index (κ1) is 15.7. The summed E-state index contributed by atoms with van der Waals surface area (Å²) in [5.41, 5.74) is 0. The Morgan fingerprint density at radius 3 is 2.52 bits per heavy atom. The van der Waals surface area contributed by atoms with Crippen LogP contribution in [0.15, 0.2) is 11.8 Å². The van der Waals surface area contributed by atoms with Crippen LogP contribution < -0.4 is 5.32 Å². The van der Waals surface area contributed by atoms with Gasteiger partial charge in [-0.15, -0.1) is 0 Å². The summed E-state index contributed by atoms with van der Waals surface area (Å²) < 4.78 is 5.83. The molecule has 2 N–H and O–H groups in total. The largest absolute Gasteiger partial charge is 0.494 e. The van der Waals surface area contributed by atoms with Crippen LogP contribution in [0.2, 0.25) is 0 Å². The van der Waals surface area contributed by atoms with E-state index in [2.05, 4.69) is 5.32 Å². The molecule has 0 radical (unpaired) electrons. The summed E-state index contributed by atoms with van der Waals surface area (Å²) in [6.07, 6.45) is 2.01. The predicted molar refractivity (Wildman–Crippen MR) is 73.9 cm³/mol. The van der Waals surface area contributed by atoms with Crippen molar-refractivity contribution >= 4 is 17.6 Å². The topological polar surface area (TPSA) is 92.7 Å². The van der Waals surface area contributed by atoms with Crippen molar-refractivity contribution in [2.45, 2.75) is 39.2 Å². The van der Waals surface area contributed by atoms with Crippen molar-refractivity contribution in [2.75, 3.05) is 6.61 Å². The van der Waals surface area contributed by atoms with E-state index in [4.69, 9.17) is 4.74 Å². The Kier molecular flexibility index (Phi) is 4.77. The van der Waals surface area contributed by atoms with Gasteiger partial charge in [0.2, 0.25) is 11.8 Å². The average Bonchev–Trinajstić information content (AvgIpc) is 2.40. The van der Waals surface area contributed by atoms with E-state index in [1.165, 1.54) is 6.08 Å². The van der Waals surface area contributed by atoms with Crippen molar-refractivity contribution in [1.82, 2.24) is 5.32 Å². The Balaban J connectivity index is 2.05. The lowest BCUT2D eigenvalue weighted by Crippen LogP contribution is -2.40. The van der Waals surface area contributed by atoms with Gasteiger partial charge in [-0.2, -0.15) is 0 Å². The lowest BCUT2D eigenvalue weighted by Gasteiger charge is -2.34. The quantitative estimate of drug-likeness (QED) is 0.739. The lowest BCUT2D eigenvalue weighted by atomic mass is 9.86. The van der Waals surface area contributed by atoms with Gasteiger partial charge in [-0.05, 0) is 5.92 Å². The molecule has 2 aliphatic heterocycles. The Morgan fingerprint density at radius 1 is 1.33 bits per heavy atom. The fourth-order valence-corrected chi connectivity index (χ4v) is 2.87. The molecule has 1 fully saturated rings. The first-order chi connectivity index (χ1) is 9.90. The van der Waals surface area contributed by atoms with Gasteiger partial charge in [0.1, 0.15) is 11.9 Å². The molecule has 0 aromatic rings. The molecule has 2 rings (SSSR count). The number of aliphatic hydroxyl groups is 1. The van der Waals surface area contributed by atoms with Gasteiger partial charge >= 0.3 is 0 Å². The number of allylic oxidation sites excluding steroid dienone is 2. The number of aliphatic hydroxyl groups excluding tert-OH is 1. The minimum Gasteiger partial charge on any atom is -0.494 e. The Hall–Kier alpha value is -1.69. The molecular formula is C15H21NO5. The number of carbonyl (C=O) groups is 3. The fourth-order valence-electron chi connectivity index (χ4n) is 2.87. The molecule has 0 unspecified atom stereocenters. The summed E-state index contributed by atoms with van der Waals surface area (Å²) in [5.74, 6) is -0.677. The van der Waals surface area contributed by atoms with Crippen LogP contribution in [0, 0.1) is 17.8 Å². The summed E-state index contributed by atoms with van der Waals surface area (Å²) in [6.45, 7) is 3.55. The highest BCUT2D eigenvalue weighted by Crippen LogP contribution is 2.31. The second kappa shape index (κ2) is 6.39. The van der Waals surface area contributed by atoms with Gasteiger partial charge in [-0.1, -0.05) is 13.8 Å². The van der Waals surface area contributed by atoms with Gasteiger partial charge in [-0.25, -0.2) is 0 Å². The van der Waals surface area contributed by atoms with Crippen LogP contribution in [0.25, 0.3) is 0 Å². The lowest BCUT2D eigenvalue weighted by molar-refractivity contribution is -0.134. The minimum absolute atomic E-state index is 0.0341. The van der Waals surface area contributed by atoms with E-state index in [1.807, 2.05) is 6.92 Å². The average molecular weight is 295 g/mol. The van der Waals surface area contributed by atoms with E-state index in [0.717, 1.165) is 0 Å². The Morgan fingerprint density at radius 2 is 1.95 bits per heavy atom. The minimum atomic E-state index is -0.365. The molecule has 0 saturated carbocycles. The Bertz CT molecular complexity index is 468.